The van der Waals surface area contributed by atoms with Crippen molar-refractivity contribution in [2.24, 2.45) is 5.92 Å². The van der Waals surface area contributed by atoms with E-state index in [2.05, 4.69) is 62.1 Å². The summed E-state index contributed by atoms with van der Waals surface area (Å²) in [7, 11) is 0. The number of hydrogen-bond acceptors (Lipinski definition) is 2. The summed E-state index contributed by atoms with van der Waals surface area (Å²) in [6.07, 6.45) is 3.66. The maximum atomic E-state index is 9.85. The molecule has 3 rings (SSSR count). The van der Waals surface area contributed by atoms with E-state index < -0.39 is 0 Å². The van der Waals surface area contributed by atoms with Gasteiger partial charge in [0.25, 0.3) is 0 Å². The highest BCUT2D eigenvalue weighted by Crippen LogP contribution is 2.40. The molecule has 1 aliphatic rings. The van der Waals surface area contributed by atoms with Gasteiger partial charge < -0.3 is 10.0 Å². The Morgan fingerprint density at radius 1 is 1.15 bits per heavy atom. The SMILES string of the molecule is CC(CCCN1CC[C@](C)(c2cccc(O)c2)[C@H](C)C1)c1ccccc1. The van der Waals surface area contributed by atoms with Gasteiger partial charge in [0.1, 0.15) is 5.75 Å². The smallest absolute Gasteiger partial charge is 0.115 e. The van der Waals surface area contributed by atoms with Crippen LogP contribution in [0.4, 0.5) is 0 Å². The van der Waals surface area contributed by atoms with Crippen molar-refractivity contribution in [3.05, 3.63) is 65.7 Å². The van der Waals surface area contributed by atoms with Crippen molar-refractivity contribution in [1.82, 2.24) is 4.90 Å². The van der Waals surface area contributed by atoms with E-state index in [4.69, 9.17) is 0 Å². The monoisotopic (exact) mass is 351 g/mol. The van der Waals surface area contributed by atoms with Crippen molar-refractivity contribution in [1.29, 1.82) is 0 Å². The van der Waals surface area contributed by atoms with Gasteiger partial charge in [0.15, 0.2) is 0 Å². The molecule has 1 fully saturated rings. The van der Waals surface area contributed by atoms with Crippen LogP contribution in [0, 0.1) is 5.92 Å². The summed E-state index contributed by atoms with van der Waals surface area (Å²) in [5.41, 5.74) is 2.89. The van der Waals surface area contributed by atoms with Gasteiger partial charge in [-0.25, -0.2) is 0 Å². The minimum absolute atomic E-state index is 0.159. The summed E-state index contributed by atoms with van der Waals surface area (Å²) in [4.78, 5) is 2.63. The van der Waals surface area contributed by atoms with Crippen molar-refractivity contribution in [3.63, 3.8) is 0 Å². The molecule has 1 saturated heterocycles. The molecule has 0 amide bonds. The first-order valence-electron chi connectivity index (χ1n) is 10.1. The van der Waals surface area contributed by atoms with Gasteiger partial charge in [-0.05, 0) is 72.9 Å². The van der Waals surface area contributed by atoms with E-state index in [0.717, 1.165) is 19.5 Å². The molecule has 140 valence electrons. The lowest BCUT2D eigenvalue weighted by Crippen LogP contribution is -2.47. The number of hydrogen-bond donors (Lipinski definition) is 1. The fraction of sp³-hybridized carbons (Fsp3) is 0.500. The Labute approximate surface area is 158 Å². The largest absolute Gasteiger partial charge is 0.508 e. The van der Waals surface area contributed by atoms with E-state index in [1.165, 1.54) is 30.5 Å². The molecule has 2 nitrogen and oxygen atoms in total. The quantitative estimate of drug-likeness (QED) is 0.735. The molecule has 26 heavy (non-hydrogen) atoms. The third-order valence-electron chi connectivity index (χ3n) is 6.55. The number of aromatic hydroxyl groups is 1. The number of piperidine rings is 1. The predicted octanol–water partition coefficient (Wildman–Crippen LogP) is 5.58. The van der Waals surface area contributed by atoms with Crippen LogP contribution in [-0.2, 0) is 5.41 Å². The maximum absolute atomic E-state index is 9.85. The van der Waals surface area contributed by atoms with Crippen LogP contribution < -0.4 is 0 Å². The molecule has 0 saturated carbocycles. The average Bonchev–Trinajstić information content (AvgIpc) is 2.65. The third-order valence-corrected chi connectivity index (χ3v) is 6.55. The molecule has 0 radical (unpaired) electrons. The first-order chi connectivity index (χ1) is 12.5. The second-order valence-corrected chi connectivity index (χ2v) is 8.37. The molecule has 1 N–H and O–H groups in total. The van der Waals surface area contributed by atoms with Crippen molar-refractivity contribution in [2.45, 2.75) is 51.4 Å². The fourth-order valence-electron chi connectivity index (χ4n) is 4.38. The topological polar surface area (TPSA) is 23.5 Å². The zero-order valence-corrected chi connectivity index (χ0v) is 16.5. The molecule has 1 heterocycles. The van der Waals surface area contributed by atoms with Crippen LogP contribution in [0.3, 0.4) is 0 Å². The number of phenolic OH excluding ortho intramolecular Hbond substituents is 1. The van der Waals surface area contributed by atoms with Gasteiger partial charge in [0.05, 0.1) is 0 Å². The second kappa shape index (κ2) is 8.26. The van der Waals surface area contributed by atoms with Gasteiger partial charge in [0.2, 0.25) is 0 Å². The van der Waals surface area contributed by atoms with E-state index in [-0.39, 0.29) is 5.41 Å². The van der Waals surface area contributed by atoms with Crippen LogP contribution >= 0.6 is 0 Å². The molecule has 1 unspecified atom stereocenters. The van der Waals surface area contributed by atoms with Gasteiger partial charge >= 0.3 is 0 Å². The third kappa shape index (κ3) is 4.29. The lowest BCUT2D eigenvalue weighted by molar-refractivity contribution is 0.109. The summed E-state index contributed by atoms with van der Waals surface area (Å²) in [6, 6.07) is 18.7. The van der Waals surface area contributed by atoms with Crippen LogP contribution in [0.2, 0.25) is 0 Å². The normalized spacial score (nSPS) is 25.1. The summed E-state index contributed by atoms with van der Waals surface area (Å²) in [5.74, 6) is 1.61. The summed E-state index contributed by atoms with van der Waals surface area (Å²) in [5, 5.41) is 9.85. The Morgan fingerprint density at radius 2 is 1.92 bits per heavy atom. The van der Waals surface area contributed by atoms with Crippen LogP contribution in [0.5, 0.6) is 5.75 Å². The van der Waals surface area contributed by atoms with E-state index in [1.54, 1.807) is 6.07 Å². The number of nitrogens with zero attached hydrogens (tertiary/aromatic N) is 1. The fourth-order valence-corrected chi connectivity index (χ4v) is 4.38. The molecule has 0 spiro atoms. The maximum Gasteiger partial charge on any atom is 0.115 e. The standard InChI is InChI=1S/C24H33NO/c1-19(21-10-5-4-6-11-21)9-8-15-25-16-14-24(3,20(2)18-25)22-12-7-13-23(26)17-22/h4-7,10-13,17,19-20,26H,8-9,14-16,18H2,1-3H3/t19?,20-,24+/m1/s1. The van der Waals surface area contributed by atoms with Crippen LogP contribution in [0.25, 0.3) is 0 Å². The lowest BCUT2D eigenvalue weighted by Gasteiger charge is -2.45. The van der Waals surface area contributed by atoms with Gasteiger partial charge in [-0.1, -0.05) is 63.2 Å². The lowest BCUT2D eigenvalue weighted by atomic mass is 9.68. The van der Waals surface area contributed by atoms with Gasteiger partial charge in [-0.2, -0.15) is 0 Å². The predicted molar refractivity (Wildman–Crippen MR) is 110 cm³/mol. The van der Waals surface area contributed by atoms with E-state index in [1.807, 2.05) is 12.1 Å². The second-order valence-electron chi connectivity index (χ2n) is 8.37. The van der Waals surface area contributed by atoms with Crippen LogP contribution in [0.15, 0.2) is 54.6 Å². The highest BCUT2D eigenvalue weighted by atomic mass is 16.3. The minimum atomic E-state index is 0.159. The van der Waals surface area contributed by atoms with E-state index in [0.29, 0.717) is 17.6 Å². The van der Waals surface area contributed by atoms with Crippen molar-refractivity contribution in [3.8, 4) is 5.75 Å². The van der Waals surface area contributed by atoms with Gasteiger partial charge in [-0.3, -0.25) is 0 Å². The molecule has 2 aromatic carbocycles. The Morgan fingerprint density at radius 3 is 2.62 bits per heavy atom. The Hall–Kier alpha value is -1.80. The number of benzene rings is 2. The molecule has 2 heteroatoms. The van der Waals surface area contributed by atoms with Crippen LogP contribution in [0.1, 0.15) is 57.1 Å². The molecule has 1 aliphatic heterocycles. The Bertz CT molecular complexity index is 698. The van der Waals surface area contributed by atoms with Crippen molar-refractivity contribution in [2.75, 3.05) is 19.6 Å². The highest BCUT2D eigenvalue weighted by Gasteiger charge is 2.37. The highest BCUT2D eigenvalue weighted by molar-refractivity contribution is 5.33. The zero-order valence-electron chi connectivity index (χ0n) is 16.5. The van der Waals surface area contributed by atoms with Gasteiger partial charge in [-0.15, -0.1) is 0 Å². The Balaban J connectivity index is 1.51. The van der Waals surface area contributed by atoms with Crippen molar-refractivity contribution < 1.29 is 5.11 Å². The average molecular weight is 352 g/mol. The summed E-state index contributed by atoms with van der Waals surface area (Å²) < 4.78 is 0. The molecular formula is C24H33NO. The molecule has 2 aromatic rings. The molecule has 0 aliphatic carbocycles. The molecule has 0 aromatic heterocycles. The first-order valence-corrected chi connectivity index (χ1v) is 10.1. The minimum Gasteiger partial charge on any atom is -0.508 e. The van der Waals surface area contributed by atoms with Gasteiger partial charge in [0, 0.05) is 6.54 Å². The number of likely N-dealkylation sites (tertiary alicyclic amines) is 1. The van der Waals surface area contributed by atoms with Crippen molar-refractivity contribution >= 4 is 0 Å². The Kier molecular flexibility index (Phi) is 6.03. The summed E-state index contributed by atoms with van der Waals surface area (Å²) in [6.45, 7) is 10.6. The molecule has 0 bridgehead atoms. The van der Waals surface area contributed by atoms with E-state index >= 15 is 0 Å². The van der Waals surface area contributed by atoms with Crippen LogP contribution in [-0.4, -0.2) is 29.6 Å². The first kappa shape index (κ1) is 19.0. The molecule has 3 atom stereocenters. The number of phenols is 1. The summed E-state index contributed by atoms with van der Waals surface area (Å²) >= 11 is 0. The van der Waals surface area contributed by atoms with E-state index in [9.17, 15) is 5.11 Å². The number of rotatable bonds is 6. The molecular weight excluding hydrogens is 318 g/mol. The zero-order chi connectivity index (χ0) is 18.6.